The highest BCUT2D eigenvalue weighted by molar-refractivity contribution is 9.10. The standard InChI is InChI=1S/C14H17BrN2O3/c1-17-9-12(20-14(17)19)6-7-16-13(18)8-10-2-4-11(15)5-3-10/h2-5,12H,6-9H2,1H3,(H,16,18). The Labute approximate surface area is 126 Å². The number of ether oxygens (including phenoxy) is 1. The first-order valence-corrected chi connectivity index (χ1v) is 7.27. The van der Waals surface area contributed by atoms with Crippen LogP contribution in [0.25, 0.3) is 0 Å². The number of cyclic esters (lactones) is 1. The lowest BCUT2D eigenvalue weighted by Gasteiger charge is -2.09. The highest BCUT2D eigenvalue weighted by Crippen LogP contribution is 2.12. The van der Waals surface area contributed by atoms with Crippen LogP contribution in [0.1, 0.15) is 12.0 Å². The van der Waals surface area contributed by atoms with Crippen molar-refractivity contribution >= 4 is 27.9 Å². The second-order valence-electron chi connectivity index (χ2n) is 4.83. The summed E-state index contributed by atoms with van der Waals surface area (Å²) in [6.07, 6.45) is 0.580. The molecule has 5 nitrogen and oxygen atoms in total. The van der Waals surface area contributed by atoms with Gasteiger partial charge < -0.3 is 15.0 Å². The zero-order valence-electron chi connectivity index (χ0n) is 11.3. The predicted molar refractivity (Wildman–Crippen MR) is 78.4 cm³/mol. The largest absolute Gasteiger partial charge is 0.444 e. The van der Waals surface area contributed by atoms with Gasteiger partial charge in [-0.25, -0.2) is 4.79 Å². The van der Waals surface area contributed by atoms with E-state index in [9.17, 15) is 9.59 Å². The molecule has 1 unspecified atom stereocenters. The predicted octanol–water partition coefficient (Wildman–Crippen LogP) is 1.95. The Balaban J connectivity index is 1.68. The molecule has 1 aromatic rings. The van der Waals surface area contributed by atoms with E-state index >= 15 is 0 Å². The molecule has 1 aromatic carbocycles. The van der Waals surface area contributed by atoms with Crippen LogP contribution in [0, 0.1) is 0 Å². The van der Waals surface area contributed by atoms with Crippen LogP contribution in [0.4, 0.5) is 4.79 Å². The van der Waals surface area contributed by atoms with E-state index in [0.29, 0.717) is 25.9 Å². The van der Waals surface area contributed by atoms with E-state index in [2.05, 4.69) is 21.2 Å². The molecule has 0 aliphatic carbocycles. The zero-order valence-corrected chi connectivity index (χ0v) is 12.9. The Kier molecular flexibility index (Phi) is 5.00. The Morgan fingerprint density at radius 3 is 2.75 bits per heavy atom. The maximum Gasteiger partial charge on any atom is 0.409 e. The SMILES string of the molecule is CN1CC(CCNC(=O)Cc2ccc(Br)cc2)OC1=O. The molecule has 20 heavy (non-hydrogen) atoms. The van der Waals surface area contributed by atoms with E-state index in [1.807, 2.05) is 24.3 Å². The molecular weight excluding hydrogens is 324 g/mol. The molecule has 0 radical (unpaired) electrons. The normalized spacial score (nSPS) is 18.0. The van der Waals surface area contributed by atoms with Gasteiger partial charge in [0.2, 0.25) is 5.91 Å². The van der Waals surface area contributed by atoms with Crippen LogP contribution in [0.15, 0.2) is 28.7 Å². The molecule has 1 fully saturated rings. The van der Waals surface area contributed by atoms with Gasteiger partial charge in [0.05, 0.1) is 13.0 Å². The van der Waals surface area contributed by atoms with E-state index in [4.69, 9.17) is 4.74 Å². The second kappa shape index (κ2) is 6.74. The number of likely N-dealkylation sites (N-methyl/N-ethyl adjacent to an activating group) is 1. The maximum absolute atomic E-state index is 11.8. The lowest BCUT2D eigenvalue weighted by Crippen LogP contribution is -2.29. The Hall–Kier alpha value is -1.56. The fourth-order valence-corrected chi connectivity index (χ4v) is 2.29. The van der Waals surface area contributed by atoms with Crippen LogP contribution in [0.3, 0.4) is 0 Å². The monoisotopic (exact) mass is 340 g/mol. The third-order valence-corrected chi connectivity index (χ3v) is 3.65. The van der Waals surface area contributed by atoms with E-state index in [0.717, 1.165) is 10.0 Å². The number of hydrogen-bond donors (Lipinski definition) is 1. The minimum Gasteiger partial charge on any atom is -0.444 e. The fourth-order valence-electron chi connectivity index (χ4n) is 2.02. The molecule has 1 aliphatic rings. The van der Waals surface area contributed by atoms with Crippen LogP contribution in [-0.2, 0) is 16.0 Å². The topological polar surface area (TPSA) is 58.6 Å². The zero-order chi connectivity index (χ0) is 14.5. The molecule has 1 N–H and O–H groups in total. The van der Waals surface area contributed by atoms with Crippen molar-refractivity contribution in [2.75, 3.05) is 20.1 Å². The lowest BCUT2D eigenvalue weighted by atomic mass is 10.1. The van der Waals surface area contributed by atoms with Gasteiger partial charge in [-0.3, -0.25) is 4.79 Å². The first-order valence-electron chi connectivity index (χ1n) is 6.47. The molecule has 1 heterocycles. The van der Waals surface area contributed by atoms with Crippen LogP contribution < -0.4 is 5.32 Å². The average molecular weight is 341 g/mol. The Morgan fingerprint density at radius 1 is 1.45 bits per heavy atom. The molecule has 2 rings (SSSR count). The van der Waals surface area contributed by atoms with Crippen molar-refractivity contribution < 1.29 is 14.3 Å². The summed E-state index contributed by atoms with van der Waals surface area (Å²) in [5, 5.41) is 2.84. The van der Waals surface area contributed by atoms with Crippen LogP contribution in [0.2, 0.25) is 0 Å². The molecule has 0 spiro atoms. The van der Waals surface area contributed by atoms with E-state index in [1.165, 1.54) is 4.90 Å². The van der Waals surface area contributed by atoms with Gasteiger partial charge in [0, 0.05) is 24.5 Å². The number of amides is 2. The highest BCUT2D eigenvalue weighted by atomic mass is 79.9. The summed E-state index contributed by atoms with van der Waals surface area (Å²) < 4.78 is 6.11. The summed E-state index contributed by atoms with van der Waals surface area (Å²) in [7, 11) is 1.70. The van der Waals surface area contributed by atoms with E-state index < -0.39 is 0 Å². The number of carbonyl (C=O) groups is 2. The fraction of sp³-hybridized carbons (Fsp3) is 0.429. The number of nitrogens with one attached hydrogen (secondary N) is 1. The highest BCUT2D eigenvalue weighted by Gasteiger charge is 2.27. The molecule has 0 bridgehead atoms. The summed E-state index contributed by atoms with van der Waals surface area (Å²) in [4.78, 5) is 24.5. The van der Waals surface area contributed by atoms with Crippen molar-refractivity contribution in [1.29, 1.82) is 0 Å². The number of halogens is 1. The molecule has 1 aliphatic heterocycles. The summed E-state index contributed by atoms with van der Waals surface area (Å²) in [5.41, 5.74) is 0.970. The van der Waals surface area contributed by atoms with Crippen molar-refractivity contribution in [1.82, 2.24) is 10.2 Å². The number of benzene rings is 1. The number of carbonyl (C=O) groups excluding carboxylic acids is 2. The molecule has 1 saturated heterocycles. The first kappa shape index (κ1) is 14.8. The number of nitrogens with zero attached hydrogens (tertiary/aromatic N) is 1. The number of hydrogen-bond acceptors (Lipinski definition) is 3. The third-order valence-electron chi connectivity index (χ3n) is 3.12. The average Bonchev–Trinajstić information content (AvgIpc) is 2.71. The van der Waals surface area contributed by atoms with Crippen LogP contribution in [-0.4, -0.2) is 43.1 Å². The van der Waals surface area contributed by atoms with Gasteiger partial charge in [0.15, 0.2) is 0 Å². The van der Waals surface area contributed by atoms with Gasteiger partial charge in [-0.15, -0.1) is 0 Å². The molecule has 1 atom stereocenters. The summed E-state index contributed by atoms with van der Waals surface area (Å²) >= 11 is 3.36. The Bertz CT molecular complexity index is 490. The van der Waals surface area contributed by atoms with Crippen molar-refractivity contribution in [3.63, 3.8) is 0 Å². The van der Waals surface area contributed by atoms with E-state index in [-0.39, 0.29) is 18.1 Å². The lowest BCUT2D eigenvalue weighted by molar-refractivity contribution is -0.120. The molecule has 108 valence electrons. The third kappa shape index (κ3) is 4.23. The summed E-state index contributed by atoms with van der Waals surface area (Å²) in [6.45, 7) is 1.10. The van der Waals surface area contributed by atoms with Gasteiger partial charge in [0.1, 0.15) is 6.10 Å². The van der Waals surface area contributed by atoms with Crippen molar-refractivity contribution in [2.24, 2.45) is 0 Å². The maximum atomic E-state index is 11.8. The van der Waals surface area contributed by atoms with Crippen LogP contribution in [0.5, 0.6) is 0 Å². The van der Waals surface area contributed by atoms with Crippen molar-refractivity contribution in [3.05, 3.63) is 34.3 Å². The Morgan fingerprint density at radius 2 is 2.15 bits per heavy atom. The molecule has 2 amide bonds. The minimum atomic E-state index is -0.295. The van der Waals surface area contributed by atoms with Gasteiger partial charge in [-0.1, -0.05) is 28.1 Å². The smallest absolute Gasteiger partial charge is 0.409 e. The van der Waals surface area contributed by atoms with Gasteiger partial charge in [-0.2, -0.15) is 0 Å². The summed E-state index contributed by atoms with van der Waals surface area (Å²) in [6, 6.07) is 7.65. The summed E-state index contributed by atoms with van der Waals surface area (Å²) in [5.74, 6) is -0.0231. The van der Waals surface area contributed by atoms with E-state index in [1.54, 1.807) is 7.05 Å². The molecule has 0 aromatic heterocycles. The minimum absolute atomic E-state index is 0.0231. The second-order valence-corrected chi connectivity index (χ2v) is 5.74. The number of rotatable bonds is 5. The molecule has 0 saturated carbocycles. The quantitative estimate of drug-likeness (QED) is 0.891. The van der Waals surface area contributed by atoms with Gasteiger partial charge in [-0.05, 0) is 17.7 Å². The van der Waals surface area contributed by atoms with Crippen molar-refractivity contribution in [2.45, 2.75) is 18.9 Å². The first-order chi connectivity index (χ1) is 9.54. The van der Waals surface area contributed by atoms with Gasteiger partial charge >= 0.3 is 6.09 Å². The van der Waals surface area contributed by atoms with Crippen molar-refractivity contribution in [3.8, 4) is 0 Å². The molecular formula is C14H17BrN2O3. The molecule has 6 heteroatoms. The van der Waals surface area contributed by atoms with Crippen LogP contribution >= 0.6 is 15.9 Å². The van der Waals surface area contributed by atoms with Gasteiger partial charge in [0.25, 0.3) is 0 Å².